The number of carbonyl (C=O) groups excluding carboxylic acids is 1. The van der Waals surface area contributed by atoms with Crippen LogP contribution in [0.25, 0.3) is 0 Å². The molecule has 1 N–H and O–H groups in total. The van der Waals surface area contributed by atoms with Gasteiger partial charge in [0, 0.05) is 13.1 Å². The Morgan fingerprint density at radius 2 is 1.88 bits per heavy atom. The second-order valence-electron chi connectivity index (χ2n) is 6.30. The van der Waals surface area contributed by atoms with Crippen LogP contribution in [0.1, 0.15) is 27.2 Å². The first-order chi connectivity index (χ1) is 7.50. The average Bonchev–Trinajstić information content (AvgIpc) is 2.61. The Morgan fingerprint density at radius 1 is 1.41 bits per heavy atom. The molecule has 1 rings (SSSR count). The van der Waals surface area contributed by atoms with E-state index in [1.165, 1.54) is 0 Å². The molecular formula is C12H22Cl2N2O. The van der Waals surface area contributed by atoms with E-state index in [-0.39, 0.29) is 11.3 Å². The fourth-order valence-corrected chi connectivity index (χ4v) is 2.78. The lowest BCUT2D eigenvalue weighted by molar-refractivity contribution is -0.126. The Labute approximate surface area is 114 Å². The third-order valence-corrected chi connectivity index (χ3v) is 4.33. The van der Waals surface area contributed by atoms with Crippen LogP contribution in [0.3, 0.4) is 0 Å². The highest BCUT2D eigenvalue weighted by atomic mass is 35.5. The van der Waals surface area contributed by atoms with Crippen LogP contribution in [-0.2, 0) is 4.79 Å². The summed E-state index contributed by atoms with van der Waals surface area (Å²) >= 11 is 11.9. The molecule has 0 aromatic carbocycles. The molecule has 5 heteroatoms. The molecule has 17 heavy (non-hydrogen) atoms. The Kier molecular flexibility index (Phi) is 4.08. The zero-order valence-corrected chi connectivity index (χ0v) is 12.7. The molecule has 3 nitrogen and oxygen atoms in total. The highest BCUT2D eigenvalue weighted by molar-refractivity contribution is 6.53. The maximum absolute atomic E-state index is 12.0. The lowest BCUT2D eigenvalue weighted by Crippen LogP contribution is -2.43. The minimum absolute atomic E-state index is 0.0334. The van der Waals surface area contributed by atoms with Crippen LogP contribution in [0.4, 0.5) is 0 Å². The first-order valence-electron chi connectivity index (χ1n) is 5.81. The molecule has 1 amide bonds. The minimum atomic E-state index is -0.886. The molecule has 0 aromatic rings. The summed E-state index contributed by atoms with van der Waals surface area (Å²) in [6, 6.07) is 0. The lowest BCUT2D eigenvalue weighted by atomic mass is 9.92. The molecule has 0 heterocycles. The molecule has 0 spiro atoms. The van der Waals surface area contributed by atoms with Crippen molar-refractivity contribution in [1.29, 1.82) is 0 Å². The summed E-state index contributed by atoms with van der Waals surface area (Å²) < 4.78 is -0.886. The van der Waals surface area contributed by atoms with Crippen molar-refractivity contribution >= 4 is 29.1 Å². The molecule has 1 unspecified atom stereocenters. The quantitative estimate of drug-likeness (QED) is 0.784. The van der Waals surface area contributed by atoms with Gasteiger partial charge in [-0.25, -0.2) is 0 Å². The highest BCUT2D eigenvalue weighted by Crippen LogP contribution is 2.63. The number of hydrogen-bond acceptors (Lipinski definition) is 2. The van der Waals surface area contributed by atoms with E-state index in [2.05, 4.69) is 24.1 Å². The third-order valence-electron chi connectivity index (χ3n) is 3.23. The molecule has 0 aliphatic heterocycles. The smallest absolute Gasteiger partial charge is 0.229 e. The summed E-state index contributed by atoms with van der Waals surface area (Å²) in [4.78, 5) is 14.1. The number of hydrogen-bond donors (Lipinski definition) is 1. The SMILES string of the molecule is CN(C)CC(C)(C)CNC(=O)C1(C)CC1(Cl)Cl. The number of nitrogens with zero attached hydrogens (tertiary/aromatic N) is 1. The van der Waals surface area contributed by atoms with Gasteiger partial charge in [-0.3, -0.25) is 4.79 Å². The molecule has 1 aliphatic carbocycles. The topological polar surface area (TPSA) is 32.3 Å². The van der Waals surface area contributed by atoms with Gasteiger partial charge in [-0.05, 0) is 32.9 Å². The van der Waals surface area contributed by atoms with E-state index in [1.54, 1.807) is 6.92 Å². The summed E-state index contributed by atoms with van der Waals surface area (Å²) in [7, 11) is 4.04. The number of alkyl halides is 2. The van der Waals surface area contributed by atoms with Gasteiger partial charge in [0.1, 0.15) is 4.33 Å². The molecule has 0 saturated heterocycles. The maximum Gasteiger partial charge on any atom is 0.229 e. The summed E-state index contributed by atoms with van der Waals surface area (Å²) in [5, 5.41) is 2.95. The van der Waals surface area contributed by atoms with Gasteiger partial charge in [0.25, 0.3) is 0 Å². The van der Waals surface area contributed by atoms with Gasteiger partial charge in [0.05, 0.1) is 5.41 Å². The van der Waals surface area contributed by atoms with Crippen LogP contribution in [0.2, 0.25) is 0 Å². The normalized spacial score (nSPS) is 27.1. The van der Waals surface area contributed by atoms with E-state index in [4.69, 9.17) is 23.2 Å². The fourth-order valence-electron chi connectivity index (χ4n) is 2.07. The molecular weight excluding hydrogens is 259 g/mol. The van der Waals surface area contributed by atoms with E-state index >= 15 is 0 Å². The minimum Gasteiger partial charge on any atom is -0.355 e. The monoisotopic (exact) mass is 280 g/mol. The number of nitrogens with one attached hydrogen (secondary N) is 1. The predicted molar refractivity (Wildman–Crippen MR) is 72.5 cm³/mol. The number of carbonyl (C=O) groups is 1. The summed E-state index contributed by atoms with van der Waals surface area (Å²) in [5.41, 5.74) is -0.587. The predicted octanol–water partition coefficient (Wildman–Crippen LogP) is 2.27. The average molecular weight is 281 g/mol. The Balaban J connectivity index is 2.44. The van der Waals surface area contributed by atoms with Gasteiger partial charge in [-0.2, -0.15) is 0 Å². The zero-order chi connectivity index (χ0) is 13.5. The van der Waals surface area contributed by atoms with E-state index in [1.807, 2.05) is 14.1 Å². The number of halogens is 2. The molecule has 100 valence electrons. The standard InChI is InChI=1S/C12H22Cl2N2O/c1-10(2,8-16(4)5)7-15-9(17)11(3)6-12(11,13)14/h6-8H2,1-5H3,(H,15,17). The first-order valence-corrected chi connectivity index (χ1v) is 6.57. The van der Waals surface area contributed by atoms with Crippen molar-refractivity contribution in [2.45, 2.75) is 31.5 Å². The van der Waals surface area contributed by atoms with E-state index in [0.29, 0.717) is 13.0 Å². The van der Waals surface area contributed by atoms with Crippen LogP contribution >= 0.6 is 23.2 Å². The van der Waals surface area contributed by atoms with Crippen LogP contribution in [-0.4, -0.2) is 42.3 Å². The van der Waals surface area contributed by atoms with E-state index < -0.39 is 9.75 Å². The maximum atomic E-state index is 12.0. The van der Waals surface area contributed by atoms with Crippen LogP contribution < -0.4 is 5.32 Å². The van der Waals surface area contributed by atoms with Crippen molar-refractivity contribution in [3.63, 3.8) is 0 Å². The van der Waals surface area contributed by atoms with E-state index in [9.17, 15) is 4.79 Å². The molecule has 1 saturated carbocycles. The van der Waals surface area contributed by atoms with Gasteiger partial charge in [0.15, 0.2) is 0 Å². The second kappa shape index (κ2) is 4.60. The van der Waals surface area contributed by atoms with Gasteiger partial charge < -0.3 is 10.2 Å². The lowest BCUT2D eigenvalue weighted by Gasteiger charge is -2.29. The number of rotatable bonds is 5. The Hall–Kier alpha value is 0.01000. The van der Waals surface area contributed by atoms with Crippen molar-refractivity contribution in [2.75, 3.05) is 27.2 Å². The highest BCUT2D eigenvalue weighted by Gasteiger charge is 2.67. The van der Waals surface area contributed by atoms with Crippen molar-refractivity contribution in [3.05, 3.63) is 0 Å². The summed E-state index contributed by atoms with van der Waals surface area (Å²) in [5.74, 6) is -0.0469. The van der Waals surface area contributed by atoms with Crippen molar-refractivity contribution in [3.8, 4) is 0 Å². The summed E-state index contributed by atoms with van der Waals surface area (Å²) in [6.07, 6.45) is 0.531. The van der Waals surface area contributed by atoms with Gasteiger partial charge in [-0.1, -0.05) is 13.8 Å². The van der Waals surface area contributed by atoms with Gasteiger partial charge >= 0.3 is 0 Å². The van der Waals surface area contributed by atoms with Crippen LogP contribution in [0.5, 0.6) is 0 Å². The summed E-state index contributed by atoms with van der Waals surface area (Å²) in [6.45, 7) is 7.59. The van der Waals surface area contributed by atoms with Crippen molar-refractivity contribution in [2.24, 2.45) is 10.8 Å². The molecule has 0 radical (unpaired) electrons. The zero-order valence-electron chi connectivity index (χ0n) is 11.2. The fraction of sp³-hybridized carbons (Fsp3) is 0.917. The molecule has 1 aliphatic rings. The van der Waals surface area contributed by atoms with Gasteiger partial charge in [0.2, 0.25) is 5.91 Å². The molecule has 0 aromatic heterocycles. The van der Waals surface area contributed by atoms with Crippen molar-refractivity contribution in [1.82, 2.24) is 10.2 Å². The third kappa shape index (κ3) is 3.49. The van der Waals surface area contributed by atoms with E-state index in [0.717, 1.165) is 6.54 Å². The molecule has 1 atom stereocenters. The molecule has 1 fully saturated rings. The molecule has 0 bridgehead atoms. The van der Waals surface area contributed by atoms with Gasteiger partial charge in [-0.15, -0.1) is 23.2 Å². The Bertz CT molecular complexity index is 316. The Morgan fingerprint density at radius 3 is 2.24 bits per heavy atom. The van der Waals surface area contributed by atoms with Crippen LogP contribution in [0, 0.1) is 10.8 Å². The van der Waals surface area contributed by atoms with Crippen LogP contribution in [0.15, 0.2) is 0 Å². The first kappa shape index (κ1) is 15.1. The largest absolute Gasteiger partial charge is 0.355 e. The number of amides is 1. The second-order valence-corrected chi connectivity index (χ2v) is 7.78. The van der Waals surface area contributed by atoms with Crippen molar-refractivity contribution < 1.29 is 4.79 Å².